The molecule has 0 aliphatic carbocycles. The average molecular weight is 481 g/mol. The van der Waals surface area contributed by atoms with Gasteiger partial charge in [0.25, 0.3) is 0 Å². The monoisotopic (exact) mass is 480 g/mol. The van der Waals surface area contributed by atoms with Crippen molar-refractivity contribution in [1.82, 2.24) is 10.3 Å². The minimum Gasteiger partial charge on any atom is -0.493 e. The van der Waals surface area contributed by atoms with Crippen LogP contribution in [0.2, 0.25) is 0 Å². The van der Waals surface area contributed by atoms with Gasteiger partial charge in [0, 0.05) is 36.2 Å². The van der Waals surface area contributed by atoms with E-state index in [9.17, 15) is 4.79 Å². The third kappa shape index (κ3) is 6.16. The summed E-state index contributed by atoms with van der Waals surface area (Å²) in [6.07, 6.45) is 4.76. The van der Waals surface area contributed by atoms with Crippen molar-refractivity contribution in [3.63, 3.8) is 0 Å². The molecular weight excluding hydrogens is 444 g/mol. The van der Waals surface area contributed by atoms with Crippen LogP contribution in [0, 0.1) is 0 Å². The fourth-order valence-corrected chi connectivity index (χ4v) is 4.58. The zero-order chi connectivity index (χ0) is 24.6. The lowest BCUT2D eigenvalue weighted by Gasteiger charge is -2.24. The number of aromatic nitrogens is 1. The molecule has 3 aromatic rings. The van der Waals surface area contributed by atoms with Gasteiger partial charge in [-0.05, 0) is 62.4 Å². The smallest absolute Gasteiger partial charge is 0.248 e. The molecule has 1 aromatic heterocycles. The summed E-state index contributed by atoms with van der Waals surface area (Å²) in [4.78, 5) is 16.3. The Hall–Kier alpha value is -3.03. The van der Waals surface area contributed by atoms with E-state index in [1.54, 1.807) is 14.0 Å². The number of hydrogen-bond acceptors (Lipinski definition) is 5. The molecule has 2 aromatic carbocycles. The lowest BCUT2D eigenvalue weighted by Crippen LogP contribution is -2.38. The Kier molecular flexibility index (Phi) is 8.66. The molecule has 7 nitrogen and oxygen atoms in total. The van der Waals surface area contributed by atoms with Crippen molar-refractivity contribution in [1.29, 1.82) is 0 Å². The summed E-state index contributed by atoms with van der Waals surface area (Å²) in [5.74, 6) is 1.15. The Labute approximate surface area is 207 Å². The Morgan fingerprint density at radius 3 is 2.83 bits per heavy atom. The van der Waals surface area contributed by atoms with Crippen molar-refractivity contribution < 1.29 is 23.7 Å². The Bertz CT molecular complexity index is 1110. The molecule has 3 atom stereocenters. The van der Waals surface area contributed by atoms with Crippen molar-refractivity contribution >= 4 is 16.8 Å². The molecule has 0 bridgehead atoms. The van der Waals surface area contributed by atoms with Gasteiger partial charge < -0.3 is 29.2 Å². The first-order chi connectivity index (χ1) is 17.1. The van der Waals surface area contributed by atoms with Gasteiger partial charge in [0.05, 0.1) is 26.4 Å². The highest BCUT2D eigenvalue weighted by Gasteiger charge is 2.23. The van der Waals surface area contributed by atoms with Crippen LogP contribution in [0.3, 0.4) is 0 Å². The SMILES string of the molecule is CCOc1ccc(C(CNC(=O)C(C)OCC2CCCCO2)c2c[nH]c3ccccc23)cc1OC. The molecule has 4 rings (SSSR count). The van der Waals surface area contributed by atoms with Crippen molar-refractivity contribution in [2.24, 2.45) is 0 Å². The Morgan fingerprint density at radius 1 is 1.20 bits per heavy atom. The molecule has 188 valence electrons. The number of fused-ring (bicyclic) bond motifs is 1. The molecule has 2 N–H and O–H groups in total. The van der Waals surface area contributed by atoms with E-state index in [2.05, 4.69) is 22.4 Å². The van der Waals surface area contributed by atoms with Gasteiger partial charge in [-0.15, -0.1) is 0 Å². The normalized spacial score (nSPS) is 17.6. The minimum atomic E-state index is -0.556. The van der Waals surface area contributed by atoms with Crippen LogP contribution in [-0.2, 0) is 14.3 Å². The molecule has 1 aliphatic rings. The van der Waals surface area contributed by atoms with Crippen molar-refractivity contribution in [3.8, 4) is 11.5 Å². The zero-order valence-electron chi connectivity index (χ0n) is 20.8. The standard InChI is InChI=1S/C28H36N2O5/c1-4-33-26-13-12-20(15-27(26)32-3)23(24-17-29-25-11-6-5-10-22(24)25)16-30-28(31)19(2)35-18-21-9-7-8-14-34-21/h5-6,10-13,15,17,19,21,23,29H,4,7-9,14,16,18H2,1-3H3,(H,30,31). The molecule has 1 amide bonds. The summed E-state index contributed by atoms with van der Waals surface area (Å²) in [5.41, 5.74) is 3.19. The number of carbonyl (C=O) groups is 1. The molecule has 0 radical (unpaired) electrons. The number of ether oxygens (including phenoxy) is 4. The first-order valence-corrected chi connectivity index (χ1v) is 12.5. The lowest BCUT2D eigenvalue weighted by molar-refractivity contribution is -0.135. The van der Waals surface area contributed by atoms with E-state index >= 15 is 0 Å². The summed E-state index contributed by atoms with van der Waals surface area (Å²) in [6.45, 7) is 5.93. The first-order valence-electron chi connectivity index (χ1n) is 12.5. The first kappa shape index (κ1) is 25.1. The lowest BCUT2D eigenvalue weighted by atomic mass is 9.90. The number of aromatic amines is 1. The molecule has 2 heterocycles. The summed E-state index contributed by atoms with van der Waals surface area (Å²) < 4.78 is 22.9. The van der Waals surface area contributed by atoms with Gasteiger partial charge >= 0.3 is 0 Å². The molecule has 35 heavy (non-hydrogen) atoms. The Balaban J connectivity index is 1.52. The van der Waals surface area contributed by atoms with Crippen molar-refractivity contribution in [3.05, 3.63) is 59.8 Å². The van der Waals surface area contributed by atoms with Crippen molar-refractivity contribution in [2.75, 3.05) is 33.5 Å². The van der Waals surface area contributed by atoms with Crippen LogP contribution in [-0.4, -0.2) is 56.6 Å². The number of para-hydroxylation sites is 1. The number of nitrogens with one attached hydrogen (secondary N) is 2. The maximum Gasteiger partial charge on any atom is 0.248 e. The molecule has 0 saturated carbocycles. The molecule has 3 unspecified atom stereocenters. The number of rotatable bonds is 11. The van der Waals surface area contributed by atoms with Crippen LogP contribution in [0.1, 0.15) is 50.2 Å². The van der Waals surface area contributed by atoms with E-state index < -0.39 is 6.10 Å². The summed E-state index contributed by atoms with van der Waals surface area (Å²) in [6, 6.07) is 14.1. The van der Waals surface area contributed by atoms with Gasteiger partial charge in [-0.3, -0.25) is 4.79 Å². The van der Waals surface area contributed by atoms with Crippen LogP contribution in [0.15, 0.2) is 48.7 Å². The fraction of sp³-hybridized carbons (Fsp3) is 0.464. The predicted octanol–water partition coefficient (Wildman–Crippen LogP) is 4.80. The van der Waals surface area contributed by atoms with E-state index in [1.165, 1.54) is 0 Å². The summed E-state index contributed by atoms with van der Waals surface area (Å²) in [7, 11) is 1.64. The maximum absolute atomic E-state index is 12.9. The predicted molar refractivity (Wildman–Crippen MR) is 136 cm³/mol. The second kappa shape index (κ2) is 12.1. The van der Waals surface area contributed by atoms with Gasteiger partial charge in [-0.25, -0.2) is 0 Å². The number of H-pyrrole nitrogens is 1. The second-order valence-electron chi connectivity index (χ2n) is 8.89. The molecule has 7 heteroatoms. The quantitative estimate of drug-likeness (QED) is 0.412. The van der Waals surface area contributed by atoms with E-state index in [0.29, 0.717) is 31.3 Å². The van der Waals surface area contributed by atoms with Crippen molar-refractivity contribution in [2.45, 2.75) is 51.2 Å². The third-order valence-electron chi connectivity index (χ3n) is 6.54. The highest BCUT2D eigenvalue weighted by molar-refractivity contribution is 5.85. The molecular formula is C28H36N2O5. The van der Waals surface area contributed by atoms with E-state index in [0.717, 1.165) is 47.9 Å². The zero-order valence-corrected chi connectivity index (χ0v) is 20.8. The van der Waals surface area contributed by atoms with Gasteiger partial charge in [-0.1, -0.05) is 24.3 Å². The highest BCUT2D eigenvalue weighted by Crippen LogP contribution is 2.36. The molecule has 1 fully saturated rings. The number of carbonyl (C=O) groups excluding carboxylic acids is 1. The second-order valence-corrected chi connectivity index (χ2v) is 8.89. The fourth-order valence-electron chi connectivity index (χ4n) is 4.58. The van der Waals surface area contributed by atoms with Gasteiger partial charge in [0.15, 0.2) is 11.5 Å². The number of hydrogen-bond donors (Lipinski definition) is 2. The number of methoxy groups -OCH3 is 1. The topological polar surface area (TPSA) is 81.8 Å². The number of amides is 1. The van der Waals surface area contributed by atoms with Crippen LogP contribution in [0.25, 0.3) is 10.9 Å². The van der Waals surface area contributed by atoms with Gasteiger partial charge in [0.2, 0.25) is 5.91 Å². The summed E-state index contributed by atoms with van der Waals surface area (Å²) in [5, 5.41) is 4.23. The number of benzene rings is 2. The maximum atomic E-state index is 12.9. The van der Waals surface area contributed by atoms with E-state index in [-0.39, 0.29) is 17.9 Å². The molecule has 1 saturated heterocycles. The van der Waals surface area contributed by atoms with Gasteiger partial charge in [0.1, 0.15) is 6.10 Å². The molecule has 1 aliphatic heterocycles. The third-order valence-corrected chi connectivity index (χ3v) is 6.54. The van der Waals surface area contributed by atoms with Crippen LogP contribution in [0.5, 0.6) is 11.5 Å². The van der Waals surface area contributed by atoms with Gasteiger partial charge in [-0.2, -0.15) is 0 Å². The minimum absolute atomic E-state index is 0.0780. The van der Waals surface area contributed by atoms with Crippen LogP contribution in [0.4, 0.5) is 0 Å². The largest absolute Gasteiger partial charge is 0.493 e. The Morgan fingerprint density at radius 2 is 2.06 bits per heavy atom. The molecule has 0 spiro atoms. The van der Waals surface area contributed by atoms with E-state index in [1.807, 2.05) is 43.5 Å². The highest BCUT2D eigenvalue weighted by atomic mass is 16.5. The van der Waals surface area contributed by atoms with E-state index in [4.69, 9.17) is 18.9 Å². The summed E-state index contributed by atoms with van der Waals surface area (Å²) >= 11 is 0. The average Bonchev–Trinajstić information content (AvgIpc) is 3.32. The van der Waals surface area contributed by atoms with Crippen LogP contribution >= 0.6 is 0 Å². The van der Waals surface area contributed by atoms with Crippen LogP contribution < -0.4 is 14.8 Å².